The molecule has 1 rings (SSSR count). The van der Waals surface area contributed by atoms with Gasteiger partial charge in [-0.25, -0.2) is 0 Å². The lowest BCUT2D eigenvalue weighted by Gasteiger charge is -2.16. The predicted molar refractivity (Wildman–Crippen MR) is 74.2 cm³/mol. The first-order chi connectivity index (χ1) is 8.04. The summed E-state index contributed by atoms with van der Waals surface area (Å²) in [5.74, 6) is -1.48. The smallest absolute Gasteiger partial charge is 0.312 e. The van der Waals surface area contributed by atoms with Gasteiger partial charge in [-0.3, -0.25) is 4.79 Å². The van der Waals surface area contributed by atoms with Crippen molar-refractivity contribution in [1.29, 1.82) is 0 Å². The van der Waals surface area contributed by atoms with E-state index in [0.717, 1.165) is 15.4 Å². The molecule has 0 saturated heterocycles. The van der Waals surface area contributed by atoms with Gasteiger partial charge in [0.15, 0.2) is 0 Å². The quantitative estimate of drug-likeness (QED) is 0.806. The van der Waals surface area contributed by atoms with Gasteiger partial charge in [-0.05, 0) is 42.7 Å². The number of hydrogen-bond donors (Lipinski definition) is 2. The lowest BCUT2D eigenvalue weighted by Crippen LogP contribution is -2.21. The third-order valence-electron chi connectivity index (χ3n) is 2.66. The van der Waals surface area contributed by atoms with E-state index in [1.165, 1.54) is 5.56 Å². The largest absolute Gasteiger partial charge is 0.481 e. The molecule has 1 unspecified atom stereocenters. The Labute approximate surface area is 110 Å². The molecule has 0 aliphatic rings. The molecular weight excluding hydrogens is 254 g/mol. The molecule has 0 aliphatic carbocycles. The molecular formula is C12H17NO2S2. The van der Waals surface area contributed by atoms with Crippen LogP contribution < -0.4 is 5.73 Å². The zero-order valence-electron chi connectivity index (χ0n) is 10.2. The van der Waals surface area contributed by atoms with Crippen molar-refractivity contribution in [3.05, 3.63) is 23.3 Å². The van der Waals surface area contributed by atoms with Gasteiger partial charge in [-0.2, -0.15) is 0 Å². The van der Waals surface area contributed by atoms with E-state index >= 15 is 0 Å². The van der Waals surface area contributed by atoms with Gasteiger partial charge in [0, 0.05) is 16.3 Å². The van der Waals surface area contributed by atoms with E-state index < -0.39 is 11.9 Å². The fraction of sp³-hybridized carbons (Fsp3) is 0.417. The molecule has 5 heteroatoms. The van der Waals surface area contributed by atoms with Gasteiger partial charge in [0.05, 0.1) is 5.92 Å². The third kappa shape index (κ3) is 3.18. The first-order valence-electron chi connectivity index (χ1n) is 5.20. The monoisotopic (exact) mass is 271 g/mol. The maximum Gasteiger partial charge on any atom is 0.312 e. The molecule has 0 fully saturated rings. The Balaban J connectivity index is 3.33. The summed E-state index contributed by atoms with van der Waals surface area (Å²) in [4.78, 5) is 13.3. The van der Waals surface area contributed by atoms with Crippen molar-refractivity contribution in [2.24, 2.45) is 5.73 Å². The average Bonchev–Trinajstić information content (AvgIpc) is 2.30. The number of benzene rings is 1. The van der Waals surface area contributed by atoms with Crippen LogP contribution in [0, 0.1) is 6.92 Å². The molecule has 0 aromatic heterocycles. The van der Waals surface area contributed by atoms with Gasteiger partial charge < -0.3 is 10.8 Å². The zero-order valence-corrected chi connectivity index (χ0v) is 11.8. The Kier molecular flexibility index (Phi) is 5.36. The molecule has 0 aliphatic heterocycles. The molecule has 94 valence electrons. The highest BCUT2D eigenvalue weighted by Crippen LogP contribution is 2.33. The van der Waals surface area contributed by atoms with Crippen LogP contribution in [0.1, 0.15) is 17.0 Å². The molecule has 17 heavy (non-hydrogen) atoms. The number of rotatable bonds is 5. The van der Waals surface area contributed by atoms with E-state index in [2.05, 4.69) is 0 Å². The number of nitrogens with two attached hydrogens (primary N) is 1. The van der Waals surface area contributed by atoms with Gasteiger partial charge in [-0.1, -0.05) is 0 Å². The van der Waals surface area contributed by atoms with E-state index in [1.54, 1.807) is 23.5 Å². The first kappa shape index (κ1) is 14.4. The highest BCUT2D eigenvalue weighted by atomic mass is 32.2. The number of hydrogen-bond acceptors (Lipinski definition) is 4. The molecule has 1 atom stereocenters. The second kappa shape index (κ2) is 6.33. The maximum atomic E-state index is 11.2. The van der Waals surface area contributed by atoms with Crippen LogP contribution in [0.15, 0.2) is 21.9 Å². The summed E-state index contributed by atoms with van der Waals surface area (Å²) in [5, 5.41) is 9.18. The fourth-order valence-electron chi connectivity index (χ4n) is 1.71. The first-order valence-corrected chi connectivity index (χ1v) is 7.65. The normalized spacial score (nSPS) is 12.5. The molecule has 0 spiro atoms. The van der Waals surface area contributed by atoms with E-state index in [0.29, 0.717) is 0 Å². The highest BCUT2D eigenvalue weighted by molar-refractivity contribution is 7.99. The molecule has 0 amide bonds. The van der Waals surface area contributed by atoms with Crippen LogP contribution in [-0.4, -0.2) is 30.1 Å². The van der Waals surface area contributed by atoms with Crippen molar-refractivity contribution in [2.45, 2.75) is 22.6 Å². The van der Waals surface area contributed by atoms with E-state index in [1.807, 2.05) is 31.6 Å². The van der Waals surface area contributed by atoms with Crippen LogP contribution in [-0.2, 0) is 4.79 Å². The molecule has 3 N–H and O–H groups in total. The molecule has 0 radical (unpaired) electrons. The Bertz CT molecular complexity index is 421. The summed E-state index contributed by atoms with van der Waals surface area (Å²) in [6, 6.07) is 3.99. The minimum atomic E-state index is -0.862. The molecule has 0 heterocycles. The molecule has 0 bridgehead atoms. The van der Waals surface area contributed by atoms with Crippen LogP contribution in [0.4, 0.5) is 0 Å². The van der Waals surface area contributed by atoms with Gasteiger partial charge in [0.1, 0.15) is 0 Å². The summed E-state index contributed by atoms with van der Waals surface area (Å²) in [5.41, 5.74) is 7.56. The topological polar surface area (TPSA) is 63.3 Å². The van der Waals surface area contributed by atoms with Crippen LogP contribution >= 0.6 is 23.5 Å². The van der Waals surface area contributed by atoms with Crippen molar-refractivity contribution < 1.29 is 9.90 Å². The number of thioether (sulfide) groups is 2. The van der Waals surface area contributed by atoms with Crippen molar-refractivity contribution in [1.82, 2.24) is 0 Å². The van der Waals surface area contributed by atoms with Gasteiger partial charge in [0.2, 0.25) is 0 Å². The number of aliphatic carboxylic acids is 1. The van der Waals surface area contributed by atoms with Gasteiger partial charge in [0.25, 0.3) is 0 Å². The Morgan fingerprint density at radius 2 is 1.94 bits per heavy atom. The van der Waals surface area contributed by atoms with E-state index in [-0.39, 0.29) is 6.54 Å². The average molecular weight is 271 g/mol. The third-order valence-corrected chi connectivity index (χ3v) is 4.33. The van der Waals surface area contributed by atoms with E-state index in [4.69, 9.17) is 5.73 Å². The van der Waals surface area contributed by atoms with Crippen LogP contribution in [0.25, 0.3) is 0 Å². The summed E-state index contributed by atoms with van der Waals surface area (Å²) in [7, 11) is 0. The van der Waals surface area contributed by atoms with Crippen LogP contribution in [0.3, 0.4) is 0 Å². The Morgan fingerprint density at radius 3 is 2.35 bits per heavy atom. The second-order valence-electron chi connectivity index (χ2n) is 3.69. The van der Waals surface area contributed by atoms with Crippen molar-refractivity contribution >= 4 is 29.5 Å². The minimum absolute atomic E-state index is 0.125. The molecule has 1 aromatic carbocycles. The maximum absolute atomic E-state index is 11.2. The van der Waals surface area contributed by atoms with Crippen LogP contribution in [0.5, 0.6) is 0 Å². The van der Waals surface area contributed by atoms with Crippen molar-refractivity contribution in [3.63, 3.8) is 0 Å². The summed E-state index contributed by atoms with van der Waals surface area (Å²) >= 11 is 3.19. The fourth-order valence-corrected chi connectivity index (χ4v) is 3.06. The summed E-state index contributed by atoms with van der Waals surface area (Å²) in [6.45, 7) is 2.16. The van der Waals surface area contributed by atoms with Crippen LogP contribution in [0.2, 0.25) is 0 Å². The number of aryl methyl sites for hydroxylation is 1. The van der Waals surface area contributed by atoms with Crippen molar-refractivity contribution in [3.8, 4) is 0 Å². The lowest BCUT2D eigenvalue weighted by molar-refractivity contribution is -0.138. The lowest BCUT2D eigenvalue weighted by atomic mass is 9.98. The standard InChI is InChI=1S/C12H17NO2S2/c1-7-4-11(17-3)8(5-10(7)16-2)9(6-13)12(14)15/h4-5,9H,6,13H2,1-3H3,(H,14,15). The van der Waals surface area contributed by atoms with E-state index in [9.17, 15) is 9.90 Å². The highest BCUT2D eigenvalue weighted by Gasteiger charge is 2.22. The predicted octanol–water partition coefficient (Wildman–Crippen LogP) is 2.57. The van der Waals surface area contributed by atoms with Gasteiger partial charge >= 0.3 is 5.97 Å². The SMILES string of the molecule is CSc1cc(C(CN)C(=O)O)c(SC)cc1C. The molecule has 0 saturated carbocycles. The number of carboxylic acids is 1. The second-order valence-corrected chi connectivity index (χ2v) is 5.39. The summed E-state index contributed by atoms with van der Waals surface area (Å²) in [6.07, 6.45) is 3.94. The van der Waals surface area contributed by atoms with Crippen molar-refractivity contribution in [2.75, 3.05) is 19.1 Å². The molecule has 1 aromatic rings. The minimum Gasteiger partial charge on any atom is -0.481 e. The summed E-state index contributed by atoms with van der Waals surface area (Å²) < 4.78 is 0. The Hall–Kier alpha value is -0.650. The van der Waals surface area contributed by atoms with Gasteiger partial charge in [-0.15, -0.1) is 23.5 Å². The zero-order chi connectivity index (χ0) is 13.0. The molecule has 3 nitrogen and oxygen atoms in total. The Morgan fingerprint density at radius 1 is 1.35 bits per heavy atom. The number of carbonyl (C=O) groups is 1. The number of carboxylic acid groups (broad SMARTS) is 1.